The lowest BCUT2D eigenvalue weighted by Gasteiger charge is -2.28. The zero-order valence-electron chi connectivity index (χ0n) is 31.2. The van der Waals surface area contributed by atoms with Gasteiger partial charge in [-0.05, 0) is 99.0 Å². The van der Waals surface area contributed by atoms with E-state index < -0.39 is 0 Å². The fraction of sp³-hybridized carbons (Fsp3) is 0.0943. The van der Waals surface area contributed by atoms with Crippen molar-refractivity contribution < 1.29 is 4.42 Å². The van der Waals surface area contributed by atoms with E-state index in [4.69, 9.17) is 4.42 Å². The molecule has 2 nitrogen and oxygen atoms in total. The molecule has 8 aromatic carbocycles. The molecule has 0 spiro atoms. The summed E-state index contributed by atoms with van der Waals surface area (Å²) in [7, 11) is 0. The second-order valence-corrected chi connectivity index (χ2v) is 15.8. The molecule has 2 heteroatoms. The van der Waals surface area contributed by atoms with E-state index in [9.17, 15) is 0 Å². The summed E-state index contributed by atoms with van der Waals surface area (Å²) in [6.45, 7) is 7.06. The Morgan fingerprint density at radius 1 is 0.382 bits per heavy atom. The van der Waals surface area contributed by atoms with Gasteiger partial charge in [0.05, 0.1) is 0 Å². The number of furan rings is 1. The van der Waals surface area contributed by atoms with Crippen molar-refractivity contribution in [2.75, 3.05) is 4.90 Å². The molecule has 0 aliphatic heterocycles. The van der Waals surface area contributed by atoms with Crippen LogP contribution in [0.4, 0.5) is 17.1 Å². The molecule has 0 saturated carbocycles. The van der Waals surface area contributed by atoms with E-state index in [0.29, 0.717) is 0 Å². The minimum Gasteiger partial charge on any atom is -0.456 e. The molecule has 2 aliphatic rings. The van der Waals surface area contributed by atoms with Crippen molar-refractivity contribution in [2.45, 2.75) is 31.6 Å². The lowest BCUT2D eigenvalue weighted by molar-refractivity contribution is 0.638. The number of fused-ring (bicyclic) bond motifs is 9. The summed E-state index contributed by atoms with van der Waals surface area (Å²) in [5, 5.41) is 2.25. The van der Waals surface area contributed by atoms with Crippen molar-refractivity contribution in [3.63, 3.8) is 0 Å². The fourth-order valence-electron chi connectivity index (χ4n) is 9.80. The molecule has 0 radical (unpaired) electrons. The Kier molecular flexibility index (Phi) is 6.76. The van der Waals surface area contributed by atoms with E-state index in [-0.39, 0.29) is 10.8 Å². The molecule has 1 heterocycles. The van der Waals surface area contributed by atoms with Crippen LogP contribution in [0.2, 0.25) is 0 Å². The normalized spacial score (nSPS) is 14.4. The van der Waals surface area contributed by atoms with Crippen LogP contribution in [0.1, 0.15) is 48.6 Å². The third kappa shape index (κ3) is 4.55. The predicted molar refractivity (Wildman–Crippen MR) is 229 cm³/mol. The van der Waals surface area contributed by atoms with Crippen molar-refractivity contribution in [3.05, 3.63) is 210 Å². The Bertz CT molecular complexity index is 2940. The molecule has 0 unspecified atom stereocenters. The summed E-state index contributed by atoms with van der Waals surface area (Å²) in [6, 6.07) is 66.5. The topological polar surface area (TPSA) is 16.4 Å². The third-order valence-corrected chi connectivity index (χ3v) is 12.5. The molecule has 0 saturated heterocycles. The average molecular weight is 706 g/mol. The van der Waals surface area contributed by atoms with Gasteiger partial charge in [0.1, 0.15) is 11.2 Å². The number of anilines is 3. The number of rotatable bonds is 5. The summed E-state index contributed by atoms with van der Waals surface area (Å²) in [5.41, 5.74) is 18.7. The minimum atomic E-state index is -0.359. The molecule has 2 aliphatic carbocycles. The first-order chi connectivity index (χ1) is 26.9. The Balaban J connectivity index is 1.11. The number of hydrogen-bond donors (Lipinski definition) is 0. The Hall–Kier alpha value is -6.64. The summed E-state index contributed by atoms with van der Waals surface area (Å²) in [6.07, 6.45) is 0. The molecule has 0 amide bonds. The number of para-hydroxylation sites is 1. The third-order valence-electron chi connectivity index (χ3n) is 12.5. The van der Waals surface area contributed by atoms with Crippen molar-refractivity contribution in [1.82, 2.24) is 0 Å². The van der Waals surface area contributed by atoms with Crippen LogP contribution in [-0.4, -0.2) is 0 Å². The quantitative estimate of drug-likeness (QED) is 0.177. The maximum Gasteiger partial charge on any atom is 0.139 e. The van der Waals surface area contributed by atoms with E-state index in [2.05, 4.69) is 208 Å². The highest BCUT2D eigenvalue weighted by Crippen LogP contribution is 2.55. The predicted octanol–water partition coefficient (Wildman–Crippen LogP) is 14.4. The Morgan fingerprint density at radius 2 is 0.927 bits per heavy atom. The molecule has 1 aromatic heterocycles. The summed E-state index contributed by atoms with van der Waals surface area (Å²) in [4.78, 5) is 2.39. The smallest absolute Gasteiger partial charge is 0.139 e. The molecule has 11 rings (SSSR count). The average Bonchev–Trinajstić information content (AvgIpc) is 3.82. The molecular weight excluding hydrogens is 667 g/mol. The zero-order chi connectivity index (χ0) is 36.9. The van der Waals surface area contributed by atoms with Crippen LogP contribution in [0.3, 0.4) is 0 Å². The molecule has 0 N–H and O–H groups in total. The second-order valence-electron chi connectivity index (χ2n) is 15.8. The van der Waals surface area contributed by atoms with E-state index >= 15 is 0 Å². The van der Waals surface area contributed by atoms with Crippen LogP contribution in [0.15, 0.2) is 186 Å². The minimum absolute atomic E-state index is 0.119. The molecular formula is C53H39NO. The zero-order valence-corrected chi connectivity index (χ0v) is 31.2. The standard InChI is InChI=1S/C53H39NO/c1-52(2)45-23-10-7-19-39(45)42-29-27-37(32-49(42)52)54(36-18-13-17-35(31-36)34-15-5-4-6-16-34)38-28-30-43-44-22-14-26-48(51(44)55-50(43)33-38)53(3)46-24-11-8-20-40(46)41-21-9-12-25-47(41)53/h4-33H,1-3H3. The van der Waals surface area contributed by atoms with Crippen molar-refractivity contribution >= 4 is 39.0 Å². The Morgan fingerprint density at radius 3 is 1.67 bits per heavy atom. The number of hydrogen-bond acceptors (Lipinski definition) is 2. The maximum atomic E-state index is 7.07. The van der Waals surface area contributed by atoms with Crippen LogP contribution in [0, 0.1) is 0 Å². The summed E-state index contributed by atoms with van der Waals surface area (Å²) >= 11 is 0. The van der Waals surface area contributed by atoms with E-state index in [1.165, 1.54) is 61.2 Å². The highest BCUT2D eigenvalue weighted by Gasteiger charge is 2.42. The lowest BCUT2D eigenvalue weighted by atomic mass is 9.74. The molecule has 0 atom stereocenters. The molecule has 0 fully saturated rings. The first-order valence-corrected chi connectivity index (χ1v) is 19.3. The maximum absolute atomic E-state index is 7.07. The Labute approximate surface area is 322 Å². The summed E-state index contributed by atoms with van der Waals surface area (Å²) < 4.78 is 7.07. The van der Waals surface area contributed by atoms with Crippen LogP contribution in [0.25, 0.3) is 55.3 Å². The van der Waals surface area contributed by atoms with Gasteiger partial charge in [-0.15, -0.1) is 0 Å². The molecule has 262 valence electrons. The number of nitrogens with zero attached hydrogens (tertiary/aromatic N) is 1. The van der Waals surface area contributed by atoms with Crippen molar-refractivity contribution in [3.8, 4) is 33.4 Å². The van der Waals surface area contributed by atoms with Gasteiger partial charge in [-0.3, -0.25) is 0 Å². The first kappa shape index (κ1) is 31.8. The van der Waals surface area contributed by atoms with Gasteiger partial charge in [0.25, 0.3) is 0 Å². The van der Waals surface area contributed by atoms with Gasteiger partial charge >= 0.3 is 0 Å². The van der Waals surface area contributed by atoms with Crippen LogP contribution < -0.4 is 4.90 Å². The van der Waals surface area contributed by atoms with Gasteiger partial charge in [-0.2, -0.15) is 0 Å². The van der Waals surface area contributed by atoms with Gasteiger partial charge in [0, 0.05) is 50.3 Å². The molecule has 0 bridgehead atoms. The highest BCUT2D eigenvalue weighted by atomic mass is 16.3. The van der Waals surface area contributed by atoms with Crippen molar-refractivity contribution in [2.24, 2.45) is 0 Å². The monoisotopic (exact) mass is 705 g/mol. The van der Waals surface area contributed by atoms with Gasteiger partial charge < -0.3 is 9.32 Å². The van der Waals surface area contributed by atoms with E-state index in [0.717, 1.165) is 39.0 Å². The molecule has 55 heavy (non-hydrogen) atoms. The van der Waals surface area contributed by atoms with Crippen molar-refractivity contribution in [1.29, 1.82) is 0 Å². The van der Waals surface area contributed by atoms with Gasteiger partial charge in [0.2, 0.25) is 0 Å². The summed E-state index contributed by atoms with van der Waals surface area (Å²) in [5.74, 6) is 0. The largest absolute Gasteiger partial charge is 0.456 e. The van der Waals surface area contributed by atoms with Crippen LogP contribution in [0.5, 0.6) is 0 Å². The number of benzene rings is 8. The van der Waals surface area contributed by atoms with Gasteiger partial charge in [-0.25, -0.2) is 0 Å². The van der Waals surface area contributed by atoms with Gasteiger partial charge in [-0.1, -0.05) is 153 Å². The fourth-order valence-corrected chi connectivity index (χ4v) is 9.80. The first-order valence-electron chi connectivity index (χ1n) is 19.3. The van der Waals surface area contributed by atoms with E-state index in [1.54, 1.807) is 0 Å². The SMILES string of the molecule is CC1(C)c2ccccc2-c2ccc(N(c3cccc(-c4ccccc4)c3)c3ccc4c(c3)oc3c(C5(C)c6ccccc6-c6ccccc65)cccc34)cc21. The molecule has 9 aromatic rings. The van der Waals surface area contributed by atoms with Crippen LogP contribution in [-0.2, 0) is 10.8 Å². The van der Waals surface area contributed by atoms with E-state index in [1.807, 2.05) is 0 Å². The lowest BCUT2D eigenvalue weighted by Crippen LogP contribution is -2.22. The second kappa shape index (κ2) is 11.7. The van der Waals surface area contributed by atoms with Crippen LogP contribution >= 0.6 is 0 Å². The highest BCUT2D eigenvalue weighted by molar-refractivity contribution is 6.08. The van der Waals surface area contributed by atoms with Gasteiger partial charge in [0.15, 0.2) is 0 Å².